The van der Waals surface area contributed by atoms with Gasteiger partial charge in [-0.05, 0) is 18.2 Å². The molecule has 2 aromatic rings. The number of hydrogen-bond acceptors (Lipinski definition) is 5. The topological polar surface area (TPSA) is 86.5 Å². The van der Waals surface area contributed by atoms with Crippen molar-refractivity contribution in [3.63, 3.8) is 0 Å². The monoisotopic (exact) mass is 355 g/mol. The molecule has 0 atom stereocenters. The van der Waals surface area contributed by atoms with Crippen molar-refractivity contribution < 1.29 is 14.3 Å². The summed E-state index contributed by atoms with van der Waals surface area (Å²) in [6.07, 6.45) is 0. The van der Waals surface area contributed by atoms with Crippen molar-refractivity contribution in [1.29, 1.82) is 0 Å². The Labute approximate surface area is 143 Å². The summed E-state index contributed by atoms with van der Waals surface area (Å²) >= 11 is 11.8. The van der Waals surface area contributed by atoms with Crippen LogP contribution in [0, 0.1) is 0 Å². The lowest BCUT2D eigenvalue weighted by Crippen LogP contribution is -2.16. The van der Waals surface area contributed by atoms with Crippen LogP contribution in [-0.4, -0.2) is 25.1 Å². The number of aromatic nitrogens is 1. The van der Waals surface area contributed by atoms with Gasteiger partial charge in [0.05, 0.1) is 25.5 Å². The second-order valence-electron chi connectivity index (χ2n) is 4.55. The van der Waals surface area contributed by atoms with Crippen molar-refractivity contribution >= 4 is 34.8 Å². The number of nitrogens with two attached hydrogens (primary N) is 1. The van der Waals surface area contributed by atoms with Crippen molar-refractivity contribution in [3.8, 4) is 11.5 Å². The average Bonchev–Trinajstić information content (AvgIpc) is 2.51. The molecule has 0 saturated heterocycles. The molecule has 0 radical (unpaired) electrons. The Morgan fingerprint density at radius 3 is 2.61 bits per heavy atom. The number of rotatable bonds is 6. The van der Waals surface area contributed by atoms with Crippen LogP contribution in [0.4, 0.5) is 5.69 Å². The maximum Gasteiger partial charge on any atom is 0.253 e. The third-order valence-electron chi connectivity index (χ3n) is 3.15. The van der Waals surface area contributed by atoms with Crippen LogP contribution in [-0.2, 0) is 6.54 Å². The van der Waals surface area contributed by atoms with E-state index in [2.05, 4.69) is 10.3 Å². The van der Waals surface area contributed by atoms with Gasteiger partial charge in [-0.2, -0.15) is 0 Å². The van der Waals surface area contributed by atoms with Gasteiger partial charge in [-0.25, -0.2) is 4.98 Å². The zero-order valence-electron chi connectivity index (χ0n) is 12.5. The number of benzene rings is 1. The van der Waals surface area contributed by atoms with E-state index in [-0.39, 0.29) is 15.9 Å². The van der Waals surface area contributed by atoms with E-state index >= 15 is 0 Å². The summed E-state index contributed by atoms with van der Waals surface area (Å²) in [6, 6.07) is 6.90. The zero-order chi connectivity index (χ0) is 17.0. The number of anilines is 1. The second-order valence-corrected chi connectivity index (χ2v) is 5.30. The van der Waals surface area contributed by atoms with Crippen LogP contribution < -0.4 is 20.5 Å². The van der Waals surface area contributed by atoms with Gasteiger partial charge >= 0.3 is 0 Å². The standard InChI is InChI=1S/C15H15Cl2N3O3/c1-22-9-4-3-8(11(5-9)23-2)7-19-10-6-12(16)20-14(17)13(10)15(18)21/h3-6H,7H2,1-2H3,(H2,18,21)(H,19,20). The van der Waals surface area contributed by atoms with E-state index in [1.54, 1.807) is 26.4 Å². The quantitative estimate of drug-likeness (QED) is 0.777. The number of carbonyl (C=O) groups excluding carboxylic acids is 1. The van der Waals surface area contributed by atoms with Crippen LogP contribution in [0.5, 0.6) is 11.5 Å². The summed E-state index contributed by atoms with van der Waals surface area (Å²) in [5.41, 5.74) is 6.68. The molecule has 8 heteroatoms. The second kappa shape index (κ2) is 7.39. The highest BCUT2D eigenvalue weighted by atomic mass is 35.5. The van der Waals surface area contributed by atoms with Crippen molar-refractivity contribution in [1.82, 2.24) is 4.98 Å². The lowest BCUT2D eigenvalue weighted by Gasteiger charge is -2.14. The molecule has 3 N–H and O–H groups in total. The first-order chi connectivity index (χ1) is 11.0. The minimum Gasteiger partial charge on any atom is -0.497 e. The minimum atomic E-state index is -0.691. The first kappa shape index (κ1) is 17.2. The normalized spacial score (nSPS) is 10.3. The number of hydrogen-bond donors (Lipinski definition) is 2. The SMILES string of the molecule is COc1ccc(CNc2cc(Cl)nc(Cl)c2C(N)=O)c(OC)c1. The Morgan fingerprint density at radius 1 is 1.26 bits per heavy atom. The van der Waals surface area contributed by atoms with Crippen molar-refractivity contribution in [2.24, 2.45) is 5.73 Å². The molecular weight excluding hydrogens is 341 g/mol. The summed E-state index contributed by atoms with van der Waals surface area (Å²) < 4.78 is 10.5. The third kappa shape index (κ3) is 3.97. The number of pyridine rings is 1. The van der Waals surface area contributed by atoms with E-state index < -0.39 is 5.91 Å². The molecule has 0 spiro atoms. The molecule has 0 saturated carbocycles. The number of ether oxygens (including phenoxy) is 2. The van der Waals surface area contributed by atoms with Gasteiger partial charge in [-0.3, -0.25) is 4.79 Å². The van der Waals surface area contributed by atoms with Gasteiger partial charge in [0, 0.05) is 18.2 Å². The smallest absolute Gasteiger partial charge is 0.253 e. The molecule has 0 aliphatic heterocycles. The number of amides is 1. The largest absolute Gasteiger partial charge is 0.497 e. The lowest BCUT2D eigenvalue weighted by molar-refractivity contribution is 0.100. The molecule has 0 bridgehead atoms. The average molecular weight is 356 g/mol. The summed E-state index contributed by atoms with van der Waals surface area (Å²) in [5.74, 6) is 0.630. The molecule has 122 valence electrons. The molecule has 0 fully saturated rings. The Kier molecular flexibility index (Phi) is 5.52. The predicted molar refractivity (Wildman–Crippen MR) is 89.6 cm³/mol. The van der Waals surface area contributed by atoms with E-state index in [1.165, 1.54) is 6.07 Å². The summed E-state index contributed by atoms with van der Waals surface area (Å²) in [4.78, 5) is 15.4. The predicted octanol–water partition coefficient (Wildman–Crippen LogP) is 3.12. The fraction of sp³-hybridized carbons (Fsp3) is 0.200. The third-order valence-corrected chi connectivity index (χ3v) is 3.62. The number of halogens is 2. The van der Waals surface area contributed by atoms with Gasteiger partial charge in [0.25, 0.3) is 5.91 Å². The summed E-state index contributed by atoms with van der Waals surface area (Å²) in [6.45, 7) is 0.365. The molecule has 0 unspecified atom stereocenters. The molecule has 2 rings (SSSR count). The highest BCUT2D eigenvalue weighted by Gasteiger charge is 2.16. The van der Waals surface area contributed by atoms with Crippen LogP contribution in [0.1, 0.15) is 15.9 Å². The first-order valence-corrected chi connectivity index (χ1v) is 7.32. The van der Waals surface area contributed by atoms with E-state index in [9.17, 15) is 4.79 Å². The van der Waals surface area contributed by atoms with Gasteiger partial charge in [-0.15, -0.1) is 0 Å². The molecule has 1 amide bonds. The summed E-state index contributed by atoms with van der Waals surface area (Å²) in [7, 11) is 3.14. The van der Waals surface area contributed by atoms with Crippen LogP contribution in [0.2, 0.25) is 10.3 Å². The fourth-order valence-electron chi connectivity index (χ4n) is 2.05. The minimum absolute atomic E-state index is 0.0470. The number of carbonyl (C=O) groups is 1. The van der Waals surface area contributed by atoms with Crippen LogP contribution in [0.15, 0.2) is 24.3 Å². The number of methoxy groups -OCH3 is 2. The molecule has 1 aromatic carbocycles. The van der Waals surface area contributed by atoms with E-state index in [4.69, 9.17) is 38.4 Å². The van der Waals surface area contributed by atoms with Gasteiger partial charge in [0.2, 0.25) is 0 Å². The van der Waals surface area contributed by atoms with E-state index in [1.807, 2.05) is 6.07 Å². The molecular formula is C15H15Cl2N3O3. The lowest BCUT2D eigenvalue weighted by atomic mass is 10.1. The molecule has 1 heterocycles. The maximum absolute atomic E-state index is 11.5. The van der Waals surface area contributed by atoms with Gasteiger partial charge < -0.3 is 20.5 Å². The van der Waals surface area contributed by atoms with E-state index in [0.29, 0.717) is 23.7 Å². The Balaban J connectivity index is 2.29. The number of nitrogens with zero attached hydrogens (tertiary/aromatic N) is 1. The van der Waals surface area contributed by atoms with Gasteiger partial charge in [0.15, 0.2) is 0 Å². The molecule has 1 aromatic heterocycles. The van der Waals surface area contributed by atoms with Crippen LogP contribution in [0.3, 0.4) is 0 Å². The van der Waals surface area contributed by atoms with Gasteiger partial charge in [0.1, 0.15) is 21.8 Å². The van der Waals surface area contributed by atoms with Crippen LogP contribution >= 0.6 is 23.2 Å². The fourth-order valence-corrected chi connectivity index (χ4v) is 2.57. The van der Waals surface area contributed by atoms with Crippen molar-refractivity contribution in [2.45, 2.75) is 6.54 Å². The highest BCUT2D eigenvalue weighted by molar-refractivity contribution is 6.35. The van der Waals surface area contributed by atoms with Crippen molar-refractivity contribution in [2.75, 3.05) is 19.5 Å². The maximum atomic E-state index is 11.5. The molecule has 6 nitrogen and oxygen atoms in total. The molecule has 23 heavy (non-hydrogen) atoms. The Bertz CT molecular complexity index is 738. The van der Waals surface area contributed by atoms with Crippen molar-refractivity contribution in [3.05, 3.63) is 45.7 Å². The Morgan fingerprint density at radius 2 is 2.00 bits per heavy atom. The van der Waals surface area contributed by atoms with E-state index in [0.717, 1.165) is 5.56 Å². The summed E-state index contributed by atoms with van der Waals surface area (Å²) in [5, 5.41) is 3.18. The highest BCUT2D eigenvalue weighted by Crippen LogP contribution is 2.29. The molecule has 0 aliphatic carbocycles. The van der Waals surface area contributed by atoms with Crippen LogP contribution in [0.25, 0.3) is 0 Å². The Hall–Kier alpha value is -2.18. The number of primary amides is 1. The zero-order valence-corrected chi connectivity index (χ0v) is 14.0. The first-order valence-electron chi connectivity index (χ1n) is 6.57. The molecule has 0 aliphatic rings. The number of nitrogens with one attached hydrogen (secondary N) is 1. The van der Waals surface area contributed by atoms with Gasteiger partial charge in [-0.1, -0.05) is 23.2 Å².